The molecular weight excluding hydrogens is 148 g/mol. The van der Waals surface area contributed by atoms with Crippen LogP contribution >= 0.6 is 11.5 Å². The van der Waals surface area contributed by atoms with Gasteiger partial charge in [0.15, 0.2) is 0 Å². The van der Waals surface area contributed by atoms with Gasteiger partial charge in [-0.05, 0) is 17.6 Å². The van der Waals surface area contributed by atoms with E-state index in [0.717, 1.165) is 10.6 Å². The lowest BCUT2D eigenvalue weighted by Gasteiger charge is -1.88. The fourth-order valence-electron chi connectivity index (χ4n) is 0.668. The number of nitrogens with zero attached hydrogens (tertiary/aromatic N) is 1. The number of methoxy groups -OCH3 is 1. The first kappa shape index (κ1) is 7.65. The van der Waals surface area contributed by atoms with Crippen molar-refractivity contribution in [3.05, 3.63) is 16.6 Å². The molecule has 56 valence electrons. The maximum absolute atomic E-state index is 5.39. The Hall–Kier alpha value is -0.450. The summed E-state index contributed by atoms with van der Waals surface area (Å²) in [6.07, 6.45) is 0. The van der Waals surface area contributed by atoms with Crippen molar-refractivity contribution in [1.82, 2.24) is 4.37 Å². The molecule has 0 unspecified atom stereocenters. The normalized spacial score (nSPS) is 10.2. The van der Waals surface area contributed by atoms with E-state index in [1.54, 1.807) is 7.11 Å². The smallest absolute Gasteiger partial charge is 0.0895 e. The molecule has 0 aliphatic rings. The molecule has 10 heavy (non-hydrogen) atoms. The minimum Gasteiger partial charge on any atom is -0.378 e. The molecule has 0 aromatic carbocycles. The molecule has 4 heteroatoms. The highest BCUT2D eigenvalue weighted by atomic mass is 32.1. The zero-order valence-electron chi connectivity index (χ0n) is 5.83. The predicted octanol–water partition coefficient (Wildman–Crippen LogP) is 0.748. The molecule has 0 radical (unpaired) electrons. The predicted molar refractivity (Wildman–Crippen MR) is 40.7 cm³/mol. The van der Waals surface area contributed by atoms with E-state index in [1.807, 2.05) is 6.07 Å². The molecule has 3 nitrogen and oxygen atoms in total. The number of hydrogen-bond acceptors (Lipinski definition) is 4. The van der Waals surface area contributed by atoms with E-state index in [2.05, 4.69) is 4.37 Å². The molecular formula is C6H10N2OS. The standard InChI is InChI=1S/C6H10N2OS/c1-9-4-5-2-6(3-7)10-8-5/h2H,3-4,7H2,1H3. The first-order valence-electron chi connectivity index (χ1n) is 3.00. The summed E-state index contributed by atoms with van der Waals surface area (Å²) in [7, 11) is 1.65. The molecule has 0 atom stereocenters. The van der Waals surface area contributed by atoms with E-state index < -0.39 is 0 Å². The summed E-state index contributed by atoms with van der Waals surface area (Å²) < 4.78 is 9.00. The maximum Gasteiger partial charge on any atom is 0.0895 e. The lowest BCUT2D eigenvalue weighted by molar-refractivity contribution is 0.182. The van der Waals surface area contributed by atoms with Crippen LogP contribution in [0.3, 0.4) is 0 Å². The zero-order chi connectivity index (χ0) is 7.40. The van der Waals surface area contributed by atoms with Crippen LogP contribution in [0.2, 0.25) is 0 Å². The quantitative estimate of drug-likeness (QED) is 0.706. The lowest BCUT2D eigenvalue weighted by atomic mass is 10.4. The summed E-state index contributed by atoms with van der Waals surface area (Å²) in [4.78, 5) is 1.10. The topological polar surface area (TPSA) is 48.1 Å². The van der Waals surface area contributed by atoms with E-state index in [0.29, 0.717) is 13.2 Å². The molecule has 0 saturated carbocycles. The van der Waals surface area contributed by atoms with Crippen LogP contribution in [0.15, 0.2) is 6.07 Å². The van der Waals surface area contributed by atoms with Gasteiger partial charge in [0, 0.05) is 18.5 Å². The average molecular weight is 158 g/mol. The molecule has 0 saturated heterocycles. The maximum atomic E-state index is 5.39. The molecule has 0 spiro atoms. The number of hydrogen-bond donors (Lipinski definition) is 1. The van der Waals surface area contributed by atoms with Gasteiger partial charge in [0.1, 0.15) is 0 Å². The highest BCUT2D eigenvalue weighted by Crippen LogP contribution is 2.08. The van der Waals surface area contributed by atoms with Crippen molar-refractivity contribution in [1.29, 1.82) is 0 Å². The third-order valence-electron chi connectivity index (χ3n) is 1.10. The van der Waals surface area contributed by atoms with Crippen molar-refractivity contribution >= 4 is 11.5 Å². The highest BCUT2D eigenvalue weighted by Gasteiger charge is 1.97. The van der Waals surface area contributed by atoms with Gasteiger partial charge in [-0.2, -0.15) is 4.37 Å². The Morgan fingerprint density at radius 1 is 1.80 bits per heavy atom. The van der Waals surface area contributed by atoms with Gasteiger partial charge < -0.3 is 10.5 Å². The van der Waals surface area contributed by atoms with Crippen LogP contribution in [0.5, 0.6) is 0 Å². The van der Waals surface area contributed by atoms with Crippen LogP contribution in [0, 0.1) is 0 Å². The molecule has 1 aromatic heterocycles. The van der Waals surface area contributed by atoms with Crippen molar-refractivity contribution in [3.8, 4) is 0 Å². The largest absolute Gasteiger partial charge is 0.378 e. The summed E-state index contributed by atoms with van der Waals surface area (Å²) in [6, 6.07) is 1.97. The molecule has 1 heterocycles. The minimum atomic E-state index is 0.571. The van der Waals surface area contributed by atoms with E-state index in [9.17, 15) is 0 Å². The Morgan fingerprint density at radius 3 is 3.10 bits per heavy atom. The average Bonchev–Trinajstić information content (AvgIpc) is 2.37. The lowest BCUT2D eigenvalue weighted by Crippen LogP contribution is -1.92. The third-order valence-corrected chi connectivity index (χ3v) is 1.95. The van der Waals surface area contributed by atoms with Crippen molar-refractivity contribution in [2.75, 3.05) is 7.11 Å². The summed E-state index contributed by atoms with van der Waals surface area (Å²) >= 11 is 1.43. The Balaban J connectivity index is 2.59. The third kappa shape index (κ3) is 1.76. The second kappa shape index (κ2) is 3.65. The van der Waals surface area contributed by atoms with Crippen LogP contribution in [-0.4, -0.2) is 11.5 Å². The van der Waals surface area contributed by atoms with Crippen LogP contribution in [0.25, 0.3) is 0 Å². The van der Waals surface area contributed by atoms with E-state index in [4.69, 9.17) is 10.5 Å². The first-order chi connectivity index (χ1) is 4.86. The van der Waals surface area contributed by atoms with Gasteiger partial charge in [-0.25, -0.2) is 0 Å². The van der Waals surface area contributed by atoms with Gasteiger partial charge in [-0.3, -0.25) is 0 Å². The second-order valence-electron chi connectivity index (χ2n) is 1.92. The van der Waals surface area contributed by atoms with Crippen molar-refractivity contribution in [2.24, 2.45) is 5.73 Å². The molecule has 2 N–H and O–H groups in total. The van der Waals surface area contributed by atoms with E-state index in [1.165, 1.54) is 11.5 Å². The van der Waals surface area contributed by atoms with Crippen LogP contribution in [0.4, 0.5) is 0 Å². The Bertz CT molecular complexity index is 199. The number of aromatic nitrogens is 1. The molecule has 0 amide bonds. The molecule has 1 rings (SSSR count). The van der Waals surface area contributed by atoms with E-state index >= 15 is 0 Å². The Morgan fingerprint density at radius 2 is 2.60 bits per heavy atom. The Kier molecular flexibility index (Phi) is 2.80. The molecule has 0 bridgehead atoms. The second-order valence-corrected chi connectivity index (χ2v) is 2.81. The fourth-order valence-corrected chi connectivity index (χ4v) is 1.27. The van der Waals surface area contributed by atoms with Crippen molar-refractivity contribution < 1.29 is 4.74 Å². The summed E-state index contributed by atoms with van der Waals surface area (Å²) in [5, 5.41) is 0. The highest BCUT2D eigenvalue weighted by molar-refractivity contribution is 7.05. The SMILES string of the molecule is COCc1cc(CN)sn1. The van der Waals surface area contributed by atoms with Gasteiger partial charge in [0.05, 0.1) is 12.3 Å². The van der Waals surface area contributed by atoms with Crippen LogP contribution in [0.1, 0.15) is 10.6 Å². The summed E-state index contributed by atoms with van der Waals surface area (Å²) in [5.74, 6) is 0. The van der Waals surface area contributed by atoms with Gasteiger partial charge in [-0.1, -0.05) is 0 Å². The Labute approximate surface area is 64.0 Å². The molecule has 0 aliphatic carbocycles. The zero-order valence-corrected chi connectivity index (χ0v) is 6.65. The van der Waals surface area contributed by atoms with Crippen LogP contribution < -0.4 is 5.73 Å². The van der Waals surface area contributed by atoms with Gasteiger partial charge in [-0.15, -0.1) is 0 Å². The first-order valence-corrected chi connectivity index (χ1v) is 3.77. The van der Waals surface area contributed by atoms with Gasteiger partial charge >= 0.3 is 0 Å². The molecule has 1 aromatic rings. The van der Waals surface area contributed by atoms with E-state index in [-0.39, 0.29) is 0 Å². The van der Waals surface area contributed by atoms with Crippen molar-refractivity contribution in [2.45, 2.75) is 13.2 Å². The number of rotatable bonds is 3. The number of ether oxygens (including phenoxy) is 1. The van der Waals surface area contributed by atoms with Crippen molar-refractivity contribution in [3.63, 3.8) is 0 Å². The summed E-state index contributed by atoms with van der Waals surface area (Å²) in [6.45, 7) is 1.15. The molecule has 0 fully saturated rings. The molecule has 0 aliphatic heterocycles. The monoisotopic (exact) mass is 158 g/mol. The number of nitrogens with two attached hydrogens (primary N) is 1. The van der Waals surface area contributed by atoms with Gasteiger partial charge in [0.25, 0.3) is 0 Å². The van der Waals surface area contributed by atoms with Crippen LogP contribution in [-0.2, 0) is 17.9 Å². The fraction of sp³-hybridized carbons (Fsp3) is 0.500. The van der Waals surface area contributed by atoms with Gasteiger partial charge in [0.2, 0.25) is 0 Å². The minimum absolute atomic E-state index is 0.571. The summed E-state index contributed by atoms with van der Waals surface area (Å²) in [5.41, 5.74) is 6.35.